The van der Waals surface area contributed by atoms with E-state index in [0.29, 0.717) is 24.5 Å². The summed E-state index contributed by atoms with van der Waals surface area (Å²) in [7, 11) is 0. The summed E-state index contributed by atoms with van der Waals surface area (Å²) in [5.41, 5.74) is 6.27. The van der Waals surface area contributed by atoms with Gasteiger partial charge in [-0.1, -0.05) is 13.0 Å². The van der Waals surface area contributed by atoms with Gasteiger partial charge < -0.3 is 15.2 Å². The van der Waals surface area contributed by atoms with Crippen LogP contribution in [0.15, 0.2) is 23.1 Å². The van der Waals surface area contributed by atoms with Crippen LogP contribution in [0.4, 0.5) is 0 Å². The number of thioether (sulfide) groups is 1. The van der Waals surface area contributed by atoms with Gasteiger partial charge in [-0.05, 0) is 24.8 Å². The van der Waals surface area contributed by atoms with Crippen LogP contribution in [-0.4, -0.2) is 31.9 Å². The van der Waals surface area contributed by atoms with Crippen molar-refractivity contribution >= 4 is 17.6 Å². The van der Waals surface area contributed by atoms with Crippen molar-refractivity contribution in [2.24, 2.45) is 5.73 Å². The number of rotatable bonds is 8. The number of nitrogen functional groups attached to an aromatic ring is 1. The molecule has 0 heterocycles. The second kappa shape index (κ2) is 8.00. The third kappa shape index (κ3) is 4.23. The van der Waals surface area contributed by atoms with Crippen LogP contribution in [0.25, 0.3) is 0 Å². The second-order valence-corrected chi connectivity index (χ2v) is 4.56. The molecule has 0 amide bonds. The van der Waals surface area contributed by atoms with Crippen LogP contribution in [0.1, 0.15) is 18.9 Å². The van der Waals surface area contributed by atoms with Gasteiger partial charge in [0.15, 0.2) is 0 Å². The van der Waals surface area contributed by atoms with Crippen molar-refractivity contribution in [3.63, 3.8) is 0 Å². The first-order valence-electron chi connectivity index (χ1n) is 5.92. The standard InChI is InChI=1S/C13H20N2O2S/c1-3-7-16-8-9-17-10-5-4-6-11(18-2)12(10)13(14)15/h4-6H,3,7-9H2,1-2H3,(H3,14,15). The first-order valence-corrected chi connectivity index (χ1v) is 7.15. The van der Waals surface area contributed by atoms with Gasteiger partial charge in [-0.3, -0.25) is 5.41 Å². The zero-order valence-electron chi connectivity index (χ0n) is 10.9. The van der Waals surface area contributed by atoms with E-state index < -0.39 is 0 Å². The van der Waals surface area contributed by atoms with Crippen molar-refractivity contribution in [2.75, 3.05) is 26.1 Å². The first kappa shape index (κ1) is 14.9. The van der Waals surface area contributed by atoms with Gasteiger partial charge in [0, 0.05) is 11.5 Å². The summed E-state index contributed by atoms with van der Waals surface area (Å²) in [5.74, 6) is 0.680. The lowest BCUT2D eigenvalue weighted by Crippen LogP contribution is -2.16. The largest absolute Gasteiger partial charge is 0.490 e. The summed E-state index contributed by atoms with van der Waals surface area (Å²) >= 11 is 1.55. The molecule has 1 rings (SSSR count). The molecule has 0 aromatic heterocycles. The molecular formula is C13H20N2O2S. The van der Waals surface area contributed by atoms with E-state index in [1.807, 2.05) is 24.5 Å². The summed E-state index contributed by atoms with van der Waals surface area (Å²) in [5, 5.41) is 7.62. The highest BCUT2D eigenvalue weighted by atomic mass is 32.2. The molecule has 0 saturated carbocycles. The predicted octanol–water partition coefficient (Wildman–Crippen LogP) is 2.50. The van der Waals surface area contributed by atoms with E-state index in [2.05, 4.69) is 6.92 Å². The zero-order valence-corrected chi connectivity index (χ0v) is 11.7. The average Bonchev–Trinajstić information content (AvgIpc) is 2.37. The number of hydrogen-bond donors (Lipinski definition) is 2. The Labute approximate surface area is 112 Å². The van der Waals surface area contributed by atoms with E-state index in [9.17, 15) is 0 Å². The number of hydrogen-bond acceptors (Lipinski definition) is 4. The van der Waals surface area contributed by atoms with E-state index in [4.69, 9.17) is 20.6 Å². The van der Waals surface area contributed by atoms with E-state index >= 15 is 0 Å². The molecule has 0 bridgehead atoms. The molecule has 5 heteroatoms. The number of nitrogens with one attached hydrogen (secondary N) is 1. The molecule has 0 spiro atoms. The molecule has 0 fully saturated rings. The fourth-order valence-corrected chi connectivity index (χ4v) is 2.15. The van der Waals surface area contributed by atoms with Crippen LogP contribution in [0, 0.1) is 5.41 Å². The average molecular weight is 268 g/mol. The molecule has 100 valence electrons. The SMILES string of the molecule is CCCOCCOc1cccc(SC)c1C(=N)N. The second-order valence-electron chi connectivity index (χ2n) is 3.71. The summed E-state index contributed by atoms with van der Waals surface area (Å²) in [6.45, 7) is 3.83. The van der Waals surface area contributed by atoms with Crippen molar-refractivity contribution in [1.82, 2.24) is 0 Å². The first-order chi connectivity index (χ1) is 8.70. The summed E-state index contributed by atoms with van der Waals surface area (Å²) < 4.78 is 11.0. The zero-order chi connectivity index (χ0) is 13.4. The van der Waals surface area contributed by atoms with Crippen LogP contribution in [-0.2, 0) is 4.74 Å². The summed E-state index contributed by atoms with van der Waals surface area (Å²) in [6.07, 6.45) is 2.95. The number of amidine groups is 1. The van der Waals surface area contributed by atoms with E-state index in [0.717, 1.165) is 17.9 Å². The number of ether oxygens (including phenoxy) is 2. The fraction of sp³-hybridized carbons (Fsp3) is 0.462. The minimum absolute atomic E-state index is 0.0319. The Hall–Kier alpha value is -1.20. The lowest BCUT2D eigenvalue weighted by atomic mass is 10.2. The minimum atomic E-state index is 0.0319. The molecule has 0 aliphatic heterocycles. The molecule has 0 unspecified atom stereocenters. The van der Waals surface area contributed by atoms with Crippen molar-refractivity contribution in [2.45, 2.75) is 18.2 Å². The van der Waals surface area contributed by atoms with Crippen LogP contribution < -0.4 is 10.5 Å². The maximum atomic E-state index is 7.62. The molecule has 3 N–H and O–H groups in total. The Morgan fingerprint density at radius 2 is 2.11 bits per heavy atom. The van der Waals surface area contributed by atoms with E-state index in [1.165, 1.54) is 0 Å². The van der Waals surface area contributed by atoms with E-state index in [1.54, 1.807) is 11.8 Å². The van der Waals surface area contributed by atoms with Crippen LogP contribution in [0.2, 0.25) is 0 Å². The quantitative estimate of drug-likeness (QED) is 0.329. The molecule has 0 radical (unpaired) electrons. The molecule has 0 aliphatic carbocycles. The molecular weight excluding hydrogens is 248 g/mol. The van der Waals surface area contributed by atoms with Gasteiger partial charge in [0.05, 0.1) is 12.2 Å². The van der Waals surface area contributed by atoms with Crippen LogP contribution >= 0.6 is 11.8 Å². The Morgan fingerprint density at radius 3 is 2.72 bits per heavy atom. The van der Waals surface area contributed by atoms with Crippen LogP contribution in [0.5, 0.6) is 5.75 Å². The molecule has 1 aromatic rings. The molecule has 1 aromatic carbocycles. The predicted molar refractivity (Wildman–Crippen MR) is 75.8 cm³/mol. The molecule has 0 atom stereocenters. The Kier molecular flexibility index (Phi) is 6.60. The normalized spacial score (nSPS) is 10.3. The third-order valence-electron chi connectivity index (χ3n) is 2.31. The smallest absolute Gasteiger partial charge is 0.131 e. The maximum absolute atomic E-state index is 7.62. The Bertz CT molecular complexity index is 397. The van der Waals surface area contributed by atoms with Gasteiger partial charge in [-0.25, -0.2) is 0 Å². The minimum Gasteiger partial charge on any atom is -0.490 e. The third-order valence-corrected chi connectivity index (χ3v) is 3.09. The van der Waals surface area contributed by atoms with E-state index in [-0.39, 0.29) is 5.84 Å². The lowest BCUT2D eigenvalue weighted by Gasteiger charge is -2.13. The topological polar surface area (TPSA) is 68.3 Å². The van der Waals surface area contributed by atoms with Gasteiger partial charge in [0.2, 0.25) is 0 Å². The summed E-state index contributed by atoms with van der Waals surface area (Å²) in [6, 6.07) is 5.67. The van der Waals surface area contributed by atoms with Gasteiger partial charge in [-0.15, -0.1) is 11.8 Å². The molecule has 0 saturated heterocycles. The Morgan fingerprint density at radius 1 is 1.33 bits per heavy atom. The highest BCUT2D eigenvalue weighted by Gasteiger charge is 2.11. The number of nitrogens with two attached hydrogens (primary N) is 1. The van der Waals surface area contributed by atoms with Crippen molar-refractivity contribution in [3.05, 3.63) is 23.8 Å². The van der Waals surface area contributed by atoms with Gasteiger partial charge in [-0.2, -0.15) is 0 Å². The van der Waals surface area contributed by atoms with Gasteiger partial charge in [0.25, 0.3) is 0 Å². The maximum Gasteiger partial charge on any atom is 0.131 e. The van der Waals surface area contributed by atoms with Crippen LogP contribution in [0.3, 0.4) is 0 Å². The van der Waals surface area contributed by atoms with Crippen molar-refractivity contribution < 1.29 is 9.47 Å². The highest BCUT2D eigenvalue weighted by molar-refractivity contribution is 7.98. The Balaban J connectivity index is 2.67. The van der Waals surface area contributed by atoms with Gasteiger partial charge >= 0.3 is 0 Å². The lowest BCUT2D eigenvalue weighted by molar-refractivity contribution is 0.100. The summed E-state index contributed by atoms with van der Waals surface area (Å²) in [4.78, 5) is 0.953. The fourth-order valence-electron chi connectivity index (χ4n) is 1.52. The molecule has 0 aliphatic rings. The van der Waals surface area contributed by atoms with Gasteiger partial charge in [0.1, 0.15) is 18.2 Å². The van der Waals surface area contributed by atoms with Crippen molar-refractivity contribution in [3.8, 4) is 5.75 Å². The van der Waals surface area contributed by atoms with Crippen molar-refractivity contribution in [1.29, 1.82) is 5.41 Å². The molecule has 4 nitrogen and oxygen atoms in total. The number of benzene rings is 1. The highest BCUT2D eigenvalue weighted by Crippen LogP contribution is 2.28. The molecule has 18 heavy (non-hydrogen) atoms. The monoisotopic (exact) mass is 268 g/mol.